The highest BCUT2D eigenvalue weighted by Crippen LogP contribution is 2.39. The summed E-state index contributed by atoms with van der Waals surface area (Å²) in [5.74, 6) is 0.731. The van der Waals surface area contributed by atoms with Gasteiger partial charge in [0.15, 0.2) is 0 Å². The van der Waals surface area contributed by atoms with Gasteiger partial charge in [0.2, 0.25) is 11.8 Å². The number of hydrogen-bond donors (Lipinski definition) is 0. The normalized spacial score (nSPS) is 18.9. The molecule has 2 amide bonds. The van der Waals surface area contributed by atoms with Crippen LogP contribution in [0.15, 0.2) is 41.8 Å². The molecule has 2 heterocycles. The Morgan fingerprint density at radius 1 is 1.10 bits per heavy atom. The molecule has 1 aliphatic carbocycles. The van der Waals surface area contributed by atoms with Crippen LogP contribution in [0.2, 0.25) is 0 Å². The Labute approximate surface area is 177 Å². The molecule has 0 spiro atoms. The smallest absolute Gasteiger partial charge is 0.228 e. The van der Waals surface area contributed by atoms with E-state index in [9.17, 15) is 9.59 Å². The molecular formula is C24H30N2O2S. The maximum Gasteiger partial charge on any atom is 0.228 e. The molecule has 0 bridgehead atoms. The van der Waals surface area contributed by atoms with Gasteiger partial charge in [-0.25, -0.2) is 0 Å². The summed E-state index contributed by atoms with van der Waals surface area (Å²) >= 11 is 1.74. The molecule has 0 unspecified atom stereocenters. The molecule has 1 saturated heterocycles. The standard InChI is InChI=1S/C24H30N2O2S/c1-25(2)23(28)24(12-14-26(15-13-24)22(27)20-5-3-6-20)17-18-8-10-19(11-9-18)21-7-4-16-29-21/h4,7-11,16,20H,3,5-6,12-15,17H2,1-2H3. The van der Waals surface area contributed by atoms with Crippen LogP contribution < -0.4 is 0 Å². The minimum Gasteiger partial charge on any atom is -0.348 e. The number of hydrogen-bond acceptors (Lipinski definition) is 3. The highest BCUT2D eigenvalue weighted by atomic mass is 32.1. The van der Waals surface area contributed by atoms with E-state index in [2.05, 4.69) is 41.8 Å². The molecule has 4 rings (SSSR count). The van der Waals surface area contributed by atoms with E-state index in [1.54, 1.807) is 16.2 Å². The van der Waals surface area contributed by atoms with Gasteiger partial charge in [-0.1, -0.05) is 36.8 Å². The predicted octanol–water partition coefficient (Wildman–Crippen LogP) is 4.45. The fourth-order valence-electron chi connectivity index (χ4n) is 4.63. The van der Waals surface area contributed by atoms with Crippen LogP contribution in [0.25, 0.3) is 10.4 Å². The van der Waals surface area contributed by atoms with Gasteiger partial charge in [-0.05, 0) is 54.7 Å². The van der Waals surface area contributed by atoms with Crippen molar-refractivity contribution >= 4 is 23.2 Å². The first-order chi connectivity index (χ1) is 14.0. The van der Waals surface area contributed by atoms with Crippen LogP contribution in [0.1, 0.15) is 37.7 Å². The molecule has 5 heteroatoms. The minimum atomic E-state index is -0.412. The summed E-state index contributed by atoms with van der Waals surface area (Å²) in [4.78, 5) is 30.8. The monoisotopic (exact) mass is 410 g/mol. The zero-order valence-corrected chi connectivity index (χ0v) is 18.2. The van der Waals surface area contributed by atoms with Gasteiger partial charge in [-0.2, -0.15) is 0 Å². The lowest BCUT2D eigenvalue weighted by atomic mass is 9.72. The third-order valence-corrected chi connectivity index (χ3v) is 7.57. The van der Waals surface area contributed by atoms with Crippen LogP contribution in [-0.2, 0) is 16.0 Å². The number of likely N-dealkylation sites (tertiary alicyclic amines) is 1. The van der Waals surface area contributed by atoms with Gasteiger partial charge in [-0.15, -0.1) is 11.3 Å². The average molecular weight is 411 g/mol. The number of piperidine rings is 1. The van der Waals surface area contributed by atoms with Crippen molar-refractivity contribution in [3.63, 3.8) is 0 Å². The molecule has 1 aromatic carbocycles. The Hall–Kier alpha value is -2.14. The predicted molar refractivity (Wildman–Crippen MR) is 118 cm³/mol. The number of thiophene rings is 1. The van der Waals surface area contributed by atoms with Gasteiger partial charge in [0, 0.05) is 38.0 Å². The lowest BCUT2D eigenvalue weighted by Gasteiger charge is -2.43. The quantitative estimate of drug-likeness (QED) is 0.730. The summed E-state index contributed by atoms with van der Waals surface area (Å²) in [6.07, 6.45) is 5.47. The SMILES string of the molecule is CN(C)C(=O)C1(Cc2ccc(-c3cccs3)cc2)CCN(C(=O)C2CCC2)CC1. The van der Waals surface area contributed by atoms with Crippen molar-refractivity contribution in [2.45, 2.75) is 38.5 Å². The summed E-state index contributed by atoms with van der Waals surface area (Å²) in [6, 6.07) is 12.8. The van der Waals surface area contributed by atoms with E-state index in [0.717, 1.165) is 32.1 Å². The molecule has 0 N–H and O–H groups in total. The van der Waals surface area contributed by atoms with Crippen LogP contribution in [0, 0.1) is 11.3 Å². The number of carbonyl (C=O) groups is 2. The fraction of sp³-hybridized carbons (Fsp3) is 0.500. The van der Waals surface area contributed by atoms with Crippen LogP contribution in [0.3, 0.4) is 0 Å². The first-order valence-corrected chi connectivity index (χ1v) is 11.5. The average Bonchev–Trinajstić information content (AvgIpc) is 3.22. The third kappa shape index (κ3) is 4.11. The molecule has 29 heavy (non-hydrogen) atoms. The number of nitrogens with zero attached hydrogens (tertiary/aromatic N) is 2. The van der Waals surface area contributed by atoms with Gasteiger partial charge in [0.25, 0.3) is 0 Å². The molecule has 154 valence electrons. The number of benzene rings is 1. The summed E-state index contributed by atoms with van der Waals surface area (Å²) in [6.45, 7) is 1.39. The van der Waals surface area contributed by atoms with E-state index < -0.39 is 5.41 Å². The van der Waals surface area contributed by atoms with Crippen molar-refractivity contribution in [2.24, 2.45) is 11.3 Å². The third-order valence-electron chi connectivity index (χ3n) is 6.65. The highest BCUT2D eigenvalue weighted by molar-refractivity contribution is 7.13. The zero-order valence-electron chi connectivity index (χ0n) is 17.4. The number of amides is 2. The number of carbonyl (C=O) groups excluding carboxylic acids is 2. The van der Waals surface area contributed by atoms with Crippen molar-refractivity contribution in [3.05, 3.63) is 47.3 Å². The van der Waals surface area contributed by atoms with E-state index in [-0.39, 0.29) is 11.8 Å². The maximum atomic E-state index is 13.2. The highest BCUT2D eigenvalue weighted by Gasteiger charge is 2.44. The summed E-state index contributed by atoms with van der Waals surface area (Å²) in [5.41, 5.74) is 2.00. The summed E-state index contributed by atoms with van der Waals surface area (Å²) < 4.78 is 0. The molecule has 2 aliphatic rings. The molecule has 0 atom stereocenters. The summed E-state index contributed by atoms with van der Waals surface area (Å²) in [7, 11) is 3.69. The van der Waals surface area contributed by atoms with Crippen LogP contribution in [-0.4, -0.2) is 48.8 Å². The van der Waals surface area contributed by atoms with Crippen LogP contribution in [0.5, 0.6) is 0 Å². The van der Waals surface area contributed by atoms with Crippen LogP contribution >= 0.6 is 11.3 Å². The summed E-state index contributed by atoms with van der Waals surface area (Å²) in [5, 5.41) is 2.09. The lowest BCUT2D eigenvalue weighted by molar-refractivity contribution is -0.148. The van der Waals surface area contributed by atoms with E-state index in [1.165, 1.54) is 22.4 Å². The van der Waals surface area contributed by atoms with Gasteiger partial charge in [0.05, 0.1) is 5.41 Å². The van der Waals surface area contributed by atoms with Crippen LogP contribution in [0.4, 0.5) is 0 Å². The minimum absolute atomic E-state index is 0.190. The first kappa shape index (κ1) is 20.1. The Balaban J connectivity index is 1.49. The zero-order chi connectivity index (χ0) is 20.4. The van der Waals surface area contributed by atoms with E-state index in [1.807, 2.05) is 19.0 Å². The lowest BCUT2D eigenvalue weighted by Crippen LogP contribution is -2.52. The second kappa shape index (κ2) is 8.31. The van der Waals surface area contributed by atoms with E-state index in [4.69, 9.17) is 0 Å². The second-order valence-corrected chi connectivity index (χ2v) is 9.73. The molecular weight excluding hydrogens is 380 g/mol. The van der Waals surface area contributed by atoms with Crippen molar-refractivity contribution in [1.82, 2.24) is 9.80 Å². The second-order valence-electron chi connectivity index (χ2n) is 8.78. The topological polar surface area (TPSA) is 40.6 Å². The van der Waals surface area contributed by atoms with Gasteiger partial charge in [0.1, 0.15) is 0 Å². The largest absolute Gasteiger partial charge is 0.348 e. The molecule has 4 nitrogen and oxygen atoms in total. The van der Waals surface area contributed by atoms with Gasteiger partial charge < -0.3 is 9.80 Å². The number of rotatable bonds is 5. The Morgan fingerprint density at radius 3 is 2.31 bits per heavy atom. The Bertz CT molecular complexity index is 846. The molecule has 0 radical (unpaired) electrons. The Kier molecular flexibility index (Phi) is 5.77. The van der Waals surface area contributed by atoms with Gasteiger partial charge in [-0.3, -0.25) is 9.59 Å². The van der Waals surface area contributed by atoms with E-state index >= 15 is 0 Å². The molecule has 1 saturated carbocycles. The van der Waals surface area contributed by atoms with E-state index in [0.29, 0.717) is 19.0 Å². The fourth-order valence-corrected chi connectivity index (χ4v) is 5.36. The van der Waals surface area contributed by atoms with Crippen molar-refractivity contribution < 1.29 is 9.59 Å². The molecule has 2 fully saturated rings. The molecule has 1 aliphatic heterocycles. The molecule has 1 aromatic heterocycles. The van der Waals surface area contributed by atoms with Gasteiger partial charge >= 0.3 is 0 Å². The van der Waals surface area contributed by atoms with Crippen molar-refractivity contribution in [1.29, 1.82) is 0 Å². The van der Waals surface area contributed by atoms with Crippen molar-refractivity contribution in [2.75, 3.05) is 27.2 Å². The van der Waals surface area contributed by atoms with Crippen molar-refractivity contribution in [3.8, 4) is 10.4 Å². The molecule has 2 aromatic rings. The Morgan fingerprint density at radius 2 is 1.79 bits per heavy atom. The maximum absolute atomic E-state index is 13.2. The first-order valence-electron chi connectivity index (χ1n) is 10.6.